The minimum atomic E-state index is -1.39. The van der Waals surface area contributed by atoms with E-state index in [2.05, 4.69) is 9.97 Å². The van der Waals surface area contributed by atoms with Gasteiger partial charge in [0.1, 0.15) is 18.3 Å². The maximum atomic E-state index is 12.6. The van der Waals surface area contributed by atoms with Crippen molar-refractivity contribution in [3.8, 4) is 6.07 Å². The lowest BCUT2D eigenvalue weighted by Gasteiger charge is -2.30. The fourth-order valence-corrected chi connectivity index (χ4v) is 4.59. The van der Waals surface area contributed by atoms with E-state index in [9.17, 15) is 14.3 Å². The second-order valence-corrected chi connectivity index (χ2v) is 10.8. The first-order chi connectivity index (χ1) is 15.5. The van der Waals surface area contributed by atoms with Gasteiger partial charge < -0.3 is 14.4 Å². The zero-order valence-corrected chi connectivity index (χ0v) is 20.2. The van der Waals surface area contributed by atoms with E-state index in [1.807, 2.05) is 50.4 Å². The minimum absolute atomic E-state index is 0.268. The van der Waals surface area contributed by atoms with Gasteiger partial charge in [-0.2, -0.15) is 5.26 Å². The highest BCUT2D eigenvalue weighted by Gasteiger charge is 2.36. The Hall–Kier alpha value is -3.19. The van der Waals surface area contributed by atoms with Crippen LogP contribution in [-0.2, 0) is 25.7 Å². The summed E-state index contributed by atoms with van der Waals surface area (Å²) < 4.78 is 25.5. The van der Waals surface area contributed by atoms with Crippen molar-refractivity contribution in [1.29, 1.82) is 5.26 Å². The van der Waals surface area contributed by atoms with Crippen molar-refractivity contribution in [2.75, 3.05) is 26.0 Å². The van der Waals surface area contributed by atoms with Crippen LogP contribution in [0.25, 0.3) is 11.2 Å². The first kappa shape index (κ1) is 23.0. The molecule has 0 fully saturated rings. The number of nitrogens with zero attached hydrogens (tertiary/aromatic N) is 5. The van der Waals surface area contributed by atoms with Gasteiger partial charge in [0.15, 0.2) is 16.4 Å². The van der Waals surface area contributed by atoms with Crippen LogP contribution >= 0.6 is 0 Å². The molecule has 174 valence electrons. The van der Waals surface area contributed by atoms with Crippen LogP contribution < -0.4 is 0 Å². The summed E-state index contributed by atoms with van der Waals surface area (Å²) in [6, 6.07) is 2.04. The third kappa shape index (κ3) is 4.50. The zero-order valence-electron chi connectivity index (χ0n) is 19.4. The molecule has 0 saturated heterocycles. The van der Waals surface area contributed by atoms with Crippen LogP contribution in [0.1, 0.15) is 45.5 Å². The van der Waals surface area contributed by atoms with E-state index >= 15 is 0 Å². The molecule has 2 aromatic rings. The monoisotopic (exact) mass is 469 g/mol. The molecule has 2 aliphatic rings. The third-order valence-corrected chi connectivity index (χ3v) is 6.36. The molecule has 2 aromatic heterocycles. The Kier molecular flexibility index (Phi) is 5.78. The molecule has 1 amide bonds. The van der Waals surface area contributed by atoms with Gasteiger partial charge in [-0.15, -0.1) is 0 Å². The number of nitriles is 1. The van der Waals surface area contributed by atoms with Crippen LogP contribution in [-0.4, -0.2) is 61.1 Å². The first-order valence-electron chi connectivity index (χ1n) is 10.7. The number of imidazole rings is 1. The minimum Gasteiger partial charge on any atom is -0.483 e. The molecule has 0 N–H and O–H groups in total. The normalized spacial score (nSPS) is 21.8. The fourth-order valence-electron chi connectivity index (χ4n) is 3.95. The van der Waals surface area contributed by atoms with Crippen molar-refractivity contribution in [1.82, 2.24) is 19.3 Å². The molecule has 0 spiro atoms. The van der Waals surface area contributed by atoms with Gasteiger partial charge in [-0.1, -0.05) is 6.08 Å². The van der Waals surface area contributed by atoms with Gasteiger partial charge in [-0.05, 0) is 45.8 Å². The van der Waals surface area contributed by atoms with E-state index < -0.39 is 21.8 Å². The molecule has 0 aromatic carbocycles. The Morgan fingerprint density at radius 2 is 2.15 bits per heavy atom. The number of fused-ring (bicyclic) bond motifs is 1. The Balaban J connectivity index is 1.75. The topological polar surface area (TPSA) is 110 Å². The van der Waals surface area contributed by atoms with Gasteiger partial charge >= 0.3 is 6.09 Å². The average Bonchev–Trinajstić information content (AvgIpc) is 3.36. The number of amides is 1. The number of hydrogen-bond donors (Lipinski definition) is 0. The lowest BCUT2D eigenvalue weighted by Crippen LogP contribution is -2.39. The van der Waals surface area contributed by atoms with E-state index in [4.69, 9.17) is 9.47 Å². The summed E-state index contributed by atoms with van der Waals surface area (Å²) in [6.07, 6.45) is 9.24. The lowest BCUT2D eigenvalue weighted by molar-refractivity contribution is 0.0273. The highest BCUT2D eigenvalue weighted by molar-refractivity contribution is 7.84. The molecule has 0 radical (unpaired) electrons. The van der Waals surface area contributed by atoms with Crippen LogP contribution in [0.4, 0.5) is 4.79 Å². The van der Waals surface area contributed by atoms with Gasteiger partial charge in [0.2, 0.25) is 0 Å². The third-order valence-electron chi connectivity index (χ3n) is 5.54. The van der Waals surface area contributed by atoms with Crippen LogP contribution in [0.2, 0.25) is 0 Å². The molecule has 33 heavy (non-hydrogen) atoms. The predicted octanol–water partition coefficient (Wildman–Crippen LogP) is 3.19. The van der Waals surface area contributed by atoms with Crippen LogP contribution in [0.5, 0.6) is 0 Å². The predicted molar refractivity (Wildman–Crippen MR) is 123 cm³/mol. The summed E-state index contributed by atoms with van der Waals surface area (Å²) in [4.78, 5) is 23.4. The number of rotatable bonds is 3. The van der Waals surface area contributed by atoms with Crippen molar-refractivity contribution in [3.63, 3.8) is 0 Å². The summed E-state index contributed by atoms with van der Waals surface area (Å²) in [5.74, 6) is 0.268. The van der Waals surface area contributed by atoms with Crippen LogP contribution in [0.3, 0.4) is 0 Å². The summed E-state index contributed by atoms with van der Waals surface area (Å²) in [5.41, 5.74) is 1.61. The Morgan fingerprint density at radius 1 is 1.39 bits per heavy atom. The first-order valence-corrected chi connectivity index (χ1v) is 12.2. The number of carbonyl (C=O) groups excluding carboxylic acids is 1. The van der Waals surface area contributed by atoms with Gasteiger partial charge in [0, 0.05) is 19.0 Å². The van der Waals surface area contributed by atoms with E-state index in [0.29, 0.717) is 42.5 Å². The summed E-state index contributed by atoms with van der Waals surface area (Å²) in [6.45, 7) is 8.68. The van der Waals surface area contributed by atoms with Gasteiger partial charge in [0.25, 0.3) is 0 Å². The van der Waals surface area contributed by atoms with Gasteiger partial charge in [0.05, 0.1) is 40.3 Å². The molecule has 4 rings (SSSR count). The van der Waals surface area contributed by atoms with Gasteiger partial charge in [-0.3, -0.25) is 8.61 Å². The summed E-state index contributed by atoms with van der Waals surface area (Å²) in [7, 11) is -1.39. The van der Waals surface area contributed by atoms with Crippen molar-refractivity contribution in [2.45, 2.75) is 50.2 Å². The molecule has 0 saturated carbocycles. The number of allylic oxidation sites excluding steroid dienone is 1. The molecule has 2 unspecified atom stereocenters. The van der Waals surface area contributed by atoms with Crippen LogP contribution in [0.15, 0.2) is 35.3 Å². The number of hydrogen-bond acceptors (Lipinski definition) is 7. The largest absolute Gasteiger partial charge is 0.483 e. The summed E-state index contributed by atoms with van der Waals surface area (Å²) in [5, 5.41) is 9.58. The van der Waals surface area contributed by atoms with Crippen molar-refractivity contribution in [2.24, 2.45) is 0 Å². The van der Waals surface area contributed by atoms with Crippen molar-refractivity contribution in [3.05, 3.63) is 41.7 Å². The fraction of sp³-hybridized carbons (Fsp3) is 0.478. The standard InChI is InChI=1S/C23H27N5O4S/c1-22(2,3)32-21(29)27-8-6-7-15(12-27)17-13-28-18(23(4)9-16(10-24)31-14-23)11-25-19(28)20(26-17)33(5)30/h7,9,11,13H,6,8,12,14H2,1-5H3. The van der Waals surface area contributed by atoms with Gasteiger partial charge in [-0.25, -0.2) is 14.8 Å². The molecule has 0 bridgehead atoms. The zero-order chi connectivity index (χ0) is 24.0. The molecular weight excluding hydrogens is 442 g/mol. The van der Waals surface area contributed by atoms with E-state index in [-0.39, 0.29) is 11.9 Å². The number of aromatic nitrogens is 3. The highest BCUT2D eigenvalue weighted by Crippen LogP contribution is 2.34. The molecule has 10 heteroatoms. The Labute approximate surface area is 195 Å². The van der Waals surface area contributed by atoms with E-state index in [1.54, 1.807) is 23.4 Å². The number of ether oxygens (including phenoxy) is 2. The highest BCUT2D eigenvalue weighted by atomic mass is 32.2. The molecule has 2 atom stereocenters. The molecule has 9 nitrogen and oxygen atoms in total. The Morgan fingerprint density at radius 3 is 2.79 bits per heavy atom. The average molecular weight is 470 g/mol. The lowest BCUT2D eigenvalue weighted by atomic mass is 9.89. The maximum absolute atomic E-state index is 12.6. The molecular formula is C23H27N5O4S. The van der Waals surface area contributed by atoms with E-state index in [1.165, 1.54) is 0 Å². The number of carbonyl (C=O) groups is 1. The van der Waals surface area contributed by atoms with Crippen molar-refractivity contribution < 1.29 is 18.5 Å². The Bertz CT molecular complexity index is 1250. The molecule has 0 aliphatic carbocycles. The maximum Gasteiger partial charge on any atom is 0.410 e. The molecule has 2 aliphatic heterocycles. The second kappa shape index (κ2) is 8.30. The smallest absolute Gasteiger partial charge is 0.410 e. The van der Waals surface area contributed by atoms with E-state index in [0.717, 1.165) is 11.3 Å². The second-order valence-electron chi connectivity index (χ2n) is 9.47. The van der Waals surface area contributed by atoms with Crippen molar-refractivity contribution >= 4 is 28.1 Å². The molecule has 4 heterocycles. The summed E-state index contributed by atoms with van der Waals surface area (Å²) >= 11 is 0. The quantitative estimate of drug-likeness (QED) is 0.679. The SMILES string of the molecule is CS(=O)c1nc(C2=CCCN(C(=O)OC(C)(C)C)C2)cn2c(C3(C)C=C(C#N)OC3)cnc12. The van der Waals surface area contributed by atoms with Crippen LogP contribution in [0, 0.1) is 11.3 Å².